The summed E-state index contributed by atoms with van der Waals surface area (Å²) in [7, 11) is 0. The SMILES string of the molecule is CCCOc1nc(N)nc2c1c(I)nn2[C@H]1CC(O)[C@@H](CO)O1. The Balaban J connectivity index is 2.04. The highest BCUT2D eigenvalue weighted by Crippen LogP contribution is 2.34. The van der Waals surface area contributed by atoms with Crippen molar-refractivity contribution < 1.29 is 19.7 Å². The van der Waals surface area contributed by atoms with Gasteiger partial charge in [0.2, 0.25) is 11.8 Å². The van der Waals surface area contributed by atoms with Crippen LogP contribution < -0.4 is 10.5 Å². The number of nitrogen functional groups attached to an aromatic ring is 1. The van der Waals surface area contributed by atoms with Gasteiger partial charge in [0.05, 0.1) is 19.3 Å². The summed E-state index contributed by atoms with van der Waals surface area (Å²) in [6.07, 6.45) is -0.760. The van der Waals surface area contributed by atoms with Crippen molar-refractivity contribution in [1.29, 1.82) is 0 Å². The van der Waals surface area contributed by atoms with Gasteiger partial charge in [0.15, 0.2) is 11.9 Å². The Morgan fingerprint density at radius 3 is 2.91 bits per heavy atom. The molecule has 9 nitrogen and oxygen atoms in total. The number of nitrogens with two attached hydrogens (primary N) is 1. The van der Waals surface area contributed by atoms with E-state index in [1.54, 1.807) is 4.68 Å². The molecule has 0 aliphatic carbocycles. The van der Waals surface area contributed by atoms with Crippen LogP contribution in [-0.2, 0) is 4.74 Å². The number of rotatable bonds is 5. The number of aliphatic hydroxyl groups is 2. The van der Waals surface area contributed by atoms with E-state index in [0.29, 0.717) is 33.6 Å². The van der Waals surface area contributed by atoms with Gasteiger partial charge in [0.1, 0.15) is 15.2 Å². The van der Waals surface area contributed by atoms with Crippen molar-refractivity contribution in [2.75, 3.05) is 18.9 Å². The van der Waals surface area contributed by atoms with Gasteiger partial charge in [0.25, 0.3) is 0 Å². The lowest BCUT2D eigenvalue weighted by atomic mass is 10.2. The Bertz CT molecular complexity index is 709. The van der Waals surface area contributed by atoms with E-state index in [9.17, 15) is 10.2 Å². The molecule has 2 aromatic rings. The van der Waals surface area contributed by atoms with E-state index >= 15 is 0 Å². The zero-order valence-corrected chi connectivity index (χ0v) is 14.7. The number of anilines is 1. The van der Waals surface area contributed by atoms with Gasteiger partial charge >= 0.3 is 0 Å². The monoisotopic (exact) mass is 435 g/mol. The molecular formula is C13H18IN5O4. The van der Waals surface area contributed by atoms with Crippen molar-refractivity contribution in [2.45, 2.75) is 38.2 Å². The number of aliphatic hydroxyl groups excluding tert-OH is 2. The molecule has 0 amide bonds. The van der Waals surface area contributed by atoms with Crippen LogP contribution in [0.2, 0.25) is 0 Å². The summed E-state index contributed by atoms with van der Waals surface area (Å²) >= 11 is 2.07. The Hall–Kier alpha value is -1.24. The fourth-order valence-corrected chi connectivity index (χ4v) is 3.22. The van der Waals surface area contributed by atoms with Crippen LogP contribution >= 0.6 is 22.6 Å². The molecule has 2 aromatic heterocycles. The quantitative estimate of drug-likeness (QED) is 0.578. The normalized spacial score (nSPS) is 24.4. The Morgan fingerprint density at radius 1 is 1.48 bits per heavy atom. The predicted molar refractivity (Wildman–Crippen MR) is 89.9 cm³/mol. The van der Waals surface area contributed by atoms with Crippen molar-refractivity contribution in [2.24, 2.45) is 0 Å². The van der Waals surface area contributed by atoms with Gasteiger partial charge in [-0.05, 0) is 29.0 Å². The van der Waals surface area contributed by atoms with Crippen LogP contribution in [0.15, 0.2) is 0 Å². The largest absolute Gasteiger partial charge is 0.477 e. The molecule has 1 unspecified atom stereocenters. The van der Waals surface area contributed by atoms with Crippen LogP contribution in [0, 0.1) is 3.70 Å². The molecule has 3 heterocycles. The Labute approximate surface area is 145 Å². The number of aromatic nitrogens is 4. The minimum atomic E-state index is -0.753. The third kappa shape index (κ3) is 3.07. The summed E-state index contributed by atoms with van der Waals surface area (Å²) in [5.41, 5.74) is 6.27. The average Bonchev–Trinajstić information content (AvgIpc) is 3.05. The first kappa shape index (κ1) is 16.6. The first-order valence-electron chi connectivity index (χ1n) is 7.33. The highest BCUT2D eigenvalue weighted by molar-refractivity contribution is 14.1. The summed E-state index contributed by atoms with van der Waals surface area (Å²) in [5.74, 6) is 0.473. The van der Waals surface area contributed by atoms with Crippen molar-refractivity contribution in [3.63, 3.8) is 0 Å². The highest BCUT2D eigenvalue weighted by Gasteiger charge is 2.36. The number of nitrogens with zero attached hydrogens (tertiary/aromatic N) is 4. The molecule has 0 aromatic carbocycles. The van der Waals surface area contributed by atoms with Gasteiger partial charge in [-0.1, -0.05) is 6.92 Å². The van der Waals surface area contributed by atoms with Crippen LogP contribution in [0.5, 0.6) is 5.88 Å². The first-order chi connectivity index (χ1) is 11.0. The topological polar surface area (TPSA) is 129 Å². The standard InChI is InChI=1S/C13H18IN5O4/c1-2-3-22-12-9-10(14)18-19(11(9)16-13(15)17-12)8-4-6(21)7(5-20)23-8/h6-8,20-21H,2-5H2,1H3,(H2,15,16,17)/t6?,7-,8-/m1/s1. The highest BCUT2D eigenvalue weighted by atomic mass is 127. The maximum atomic E-state index is 9.91. The Kier molecular flexibility index (Phi) is 4.85. The third-order valence-electron chi connectivity index (χ3n) is 3.59. The predicted octanol–water partition coefficient (Wildman–Crippen LogP) is 0.443. The van der Waals surface area contributed by atoms with E-state index in [-0.39, 0.29) is 12.6 Å². The molecule has 1 fully saturated rings. The van der Waals surface area contributed by atoms with Crippen molar-refractivity contribution in [3.8, 4) is 5.88 Å². The molecule has 0 bridgehead atoms. The molecule has 10 heteroatoms. The van der Waals surface area contributed by atoms with Gasteiger partial charge in [-0.2, -0.15) is 15.1 Å². The average molecular weight is 435 g/mol. The van der Waals surface area contributed by atoms with Crippen molar-refractivity contribution in [1.82, 2.24) is 19.7 Å². The maximum absolute atomic E-state index is 9.91. The fraction of sp³-hybridized carbons (Fsp3) is 0.615. The Morgan fingerprint density at radius 2 is 2.26 bits per heavy atom. The van der Waals surface area contributed by atoms with E-state index in [4.69, 9.17) is 15.2 Å². The number of ether oxygens (including phenoxy) is 2. The molecular weight excluding hydrogens is 417 g/mol. The molecule has 126 valence electrons. The molecule has 3 atom stereocenters. The zero-order valence-electron chi connectivity index (χ0n) is 12.5. The zero-order chi connectivity index (χ0) is 16.6. The number of halogens is 1. The lowest BCUT2D eigenvalue weighted by Gasteiger charge is -2.13. The first-order valence-corrected chi connectivity index (χ1v) is 8.41. The molecule has 0 spiro atoms. The van der Waals surface area contributed by atoms with Crippen molar-refractivity contribution >= 4 is 39.6 Å². The molecule has 1 saturated heterocycles. The van der Waals surface area contributed by atoms with Crippen molar-refractivity contribution in [3.05, 3.63) is 3.70 Å². The van der Waals surface area contributed by atoms with Gasteiger partial charge in [-0.15, -0.1) is 0 Å². The second-order valence-electron chi connectivity index (χ2n) is 5.28. The van der Waals surface area contributed by atoms with E-state index in [1.807, 2.05) is 6.92 Å². The lowest BCUT2D eigenvalue weighted by molar-refractivity contribution is -0.0471. The van der Waals surface area contributed by atoms with Crippen LogP contribution in [0.4, 0.5) is 5.95 Å². The molecule has 0 radical (unpaired) electrons. The molecule has 1 aliphatic heterocycles. The smallest absolute Gasteiger partial charge is 0.230 e. The summed E-state index contributed by atoms with van der Waals surface area (Å²) in [4.78, 5) is 8.39. The fourth-order valence-electron chi connectivity index (χ4n) is 2.52. The van der Waals surface area contributed by atoms with Gasteiger partial charge < -0.3 is 25.4 Å². The number of hydrogen-bond acceptors (Lipinski definition) is 8. The van der Waals surface area contributed by atoms with Crippen LogP contribution in [-0.4, -0.2) is 55.4 Å². The summed E-state index contributed by atoms with van der Waals surface area (Å²) in [6.45, 7) is 2.26. The second-order valence-corrected chi connectivity index (χ2v) is 6.31. The van der Waals surface area contributed by atoms with E-state index in [0.717, 1.165) is 6.42 Å². The molecule has 1 aliphatic rings. The number of fused-ring (bicyclic) bond motifs is 1. The molecule has 4 N–H and O–H groups in total. The van der Waals surface area contributed by atoms with Crippen LogP contribution in [0.3, 0.4) is 0 Å². The molecule has 0 saturated carbocycles. The summed E-state index contributed by atoms with van der Waals surface area (Å²) in [5, 5.41) is 24.2. The van der Waals surface area contributed by atoms with Crippen LogP contribution in [0.1, 0.15) is 26.0 Å². The van der Waals surface area contributed by atoms with Gasteiger partial charge in [-0.3, -0.25) is 0 Å². The maximum Gasteiger partial charge on any atom is 0.230 e. The van der Waals surface area contributed by atoms with Crippen LogP contribution in [0.25, 0.3) is 11.0 Å². The molecule has 23 heavy (non-hydrogen) atoms. The summed E-state index contributed by atoms with van der Waals surface area (Å²) in [6, 6.07) is 0. The molecule has 3 rings (SSSR count). The minimum absolute atomic E-state index is 0.0819. The van der Waals surface area contributed by atoms with E-state index in [1.165, 1.54) is 0 Å². The summed E-state index contributed by atoms with van der Waals surface area (Å²) < 4.78 is 13.5. The second kappa shape index (κ2) is 6.71. The van der Waals surface area contributed by atoms with E-state index in [2.05, 4.69) is 37.7 Å². The van der Waals surface area contributed by atoms with E-state index < -0.39 is 18.4 Å². The number of hydrogen-bond donors (Lipinski definition) is 3. The van der Waals surface area contributed by atoms with Gasteiger partial charge in [0, 0.05) is 6.42 Å². The minimum Gasteiger partial charge on any atom is -0.477 e. The van der Waals surface area contributed by atoms with Gasteiger partial charge in [-0.25, -0.2) is 4.68 Å². The lowest BCUT2D eigenvalue weighted by Crippen LogP contribution is -2.24. The third-order valence-corrected chi connectivity index (χ3v) is 4.35.